The standard InChI is InChI=1S/C13H23N5O2/c1-4-6-20-13-17-11(14-5-2)16-12(18-13)15-9-7-10(8-9)19-3/h9-10H,4-8H2,1-3H3,(H2,14,15,16,17,18). The summed E-state index contributed by atoms with van der Waals surface area (Å²) in [5.74, 6) is 1.10. The zero-order valence-electron chi connectivity index (χ0n) is 12.3. The Kier molecular flexibility index (Phi) is 5.34. The van der Waals surface area contributed by atoms with Gasteiger partial charge in [-0.1, -0.05) is 6.92 Å². The normalized spacial score (nSPS) is 21.1. The van der Waals surface area contributed by atoms with Crippen molar-refractivity contribution in [1.29, 1.82) is 0 Å². The first-order chi connectivity index (χ1) is 9.75. The number of nitrogens with one attached hydrogen (secondary N) is 2. The molecular weight excluding hydrogens is 258 g/mol. The largest absolute Gasteiger partial charge is 0.463 e. The monoisotopic (exact) mass is 281 g/mol. The highest BCUT2D eigenvalue weighted by Crippen LogP contribution is 2.25. The van der Waals surface area contributed by atoms with E-state index in [4.69, 9.17) is 9.47 Å². The summed E-state index contributed by atoms with van der Waals surface area (Å²) in [7, 11) is 1.74. The molecule has 1 aromatic heterocycles. The van der Waals surface area contributed by atoms with E-state index in [9.17, 15) is 0 Å². The fourth-order valence-corrected chi connectivity index (χ4v) is 1.97. The molecule has 0 atom stereocenters. The van der Waals surface area contributed by atoms with E-state index in [1.54, 1.807) is 7.11 Å². The van der Waals surface area contributed by atoms with Crippen molar-refractivity contribution in [3.63, 3.8) is 0 Å². The Morgan fingerprint density at radius 2 is 1.90 bits per heavy atom. The second-order valence-corrected chi connectivity index (χ2v) is 4.81. The third-order valence-electron chi connectivity index (χ3n) is 3.15. The van der Waals surface area contributed by atoms with Gasteiger partial charge in [0.1, 0.15) is 0 Å². The summed E-state index contributed by atoms with van der Waals surface area (Å²) in [6.45, 7) is 5.40. The van der Waals surface area contributed by atoms with Crippen LogP contribution < -0.4 is 15.4 Å². The Bertz CT molecular complexity index is 423. The van der Waals surface area contributed by atoms with E-state index in [-0.39, 0.29) is 0 Å². The Hall–Kier alpha value is -1.63. The lowest BCUT2D eigenvalue weighted by molar-refractivity contribution is 0.0327. The topological polar surface area (TPSA) is 81.2 Å². The average molecular weight is 281 g/mol. The number of rotatable bonds is 8. The summed E-state index contributed by atoms with van der Waals surface area (Å²) in [5, 5.41) is 6.38. The predicted molar refractivity (Wildman–Crippen MR) is 77.2 cm³/mol. The van der Waals surface area contributed by atoms with Gasteiger partial charge in [-0.2, -0.15) is 15.0 Å². The molecule has 0 saturated heterocycles. The van der Waals surface area contributed by atoms with Crippen LogP contribution >= 0.6 is 0 Å². The van der Waals surface area contributed by atoms with Crippen LogP contribution in [-0.4, -0.2) is 47.4 Å². The van der Waals surface area contributed by atoms with Gasteiger partial charge in [-0.05, 0) is 26.2 Å². The maximum Gasteiger partial charge on any atom is 0.323 e. The zero-order valence-corrected chi connectivity index (χ0v) is 12.3. The molecule has 1 saturated carbocycles. The quantitative estimate of drug-likeness (QED) is 0.750. The first-order valence-corrected chi connectivity index (χ1v) is 7.17. The van der Waals surface area contributed by atoms with E-state index in [0.29, 0.717) is 36.7 Å². The molecule has 1 heterocycles. The molecule has 112 valence electrons. The maximum atomic E-state index is 5.49. The molecule has 2 N–H and O–H groups in total. The summed E-state index contributed by atoms with van der Waals surface area (Å²) >= 11 is 0. The molecule has 7 heteroatoms. The van der Waals surface area contributed by atoms with Crippen LogP contribution in [0, 0.1) is 0 Å². The molecular formula is C13H23N5O2. The predicted octanol–water partition coefficient (Wildman–Crippen LogP) is 1.68. The number of hydrogen-bond donors (Lipinski definition) is 2. The molecule has 0 radical (unpaired) electrons. The smallest absolute Gasteiger partial charge is 0.323 e. The van der Waals surface area contributed by atoms with E-state index in [0.717, 1.165) is 25.8 Å². The molecule has 2 rings (SSSR count). The lowest BCUT2D eigenvalue weighted by Crippen LogP contribution is -2.40. The third kappa shape index (κ3) is 3.93. The van der Waals surface area contributed by atoms with Gasteiger partial charge >= 0.3 is 6.01 Å². The van der Waals surface area contributed by atoms with Crippen LogP contribution in [0.4, 0.5) is 11.9 Å². The molecule has 0 unspecified atom stereocenters. The number of ether oxygens (including phenoxy) is 2. The van der Waals surface area contributed by atoms with E-state index in [2.05, 4.69) is 25.6 Å². The Balaban J connectivity index is 2.00. The third-order valence-corrected chi connectivity index (χ3v) is 3.15. The summed E-state index contributed by atoms with van der Waals surface area (Å²) in [6, 6.07) is 0.721. The van der Waals surface area contributed by atoms with E-state index >= 15 is 0 Å². The van der Waals surface area contributed by atoms with Gasteiger partial charge in [0.15, 0.2) is 0 Å². The number of anilines is 2. The minimum absolute atomic E-state index is 0.346. The molecule has 0 spiro atoms. The lowest BCUT2D eigenvalue weighted by atomic mass is 9.89. The van der Waals surface area contributed by atoms with Gasteiger partial charge in [0, 0.05) is 19.7 Å². The highest BCUT2D eigenvalue weighted by Gasteiger charge is 2.29. The number of aromatic nitrogens is 3. The van der Waals surface area contributed by atoms with Crippen molar-refractivity contribution in [3.05, 3.63) is 0 Å². The maximum absolute atomic E-state index is 5.49. The molecule has 20 heavy (non-hydrogen) atoms. The van der Waals surface area contributed by atoms with Gasteiger partial charge in [-0.25, -0.2) is 0 Å². The molecule has 0 aliphatic heterocycles. The fraction of sp³-hybridized carbons (Fsp3) is 0.769. The summed E-state index contributed by atoms with van der Waals surface area (Å²) in [5.41, 5.74) is 0. The molecule has 0 aromatic carbocycles. The van der Waals surface area contributed by atoms with Crippen molar-refractivity contribution in [2.45, 2.75) is 45.3 Å². The van der Waals surface area contributed by atoms with Crippen LogP contribution in [0.2, 0.25) is 0 Å². The Labute approximate surface area is 119 Å². The Morgan fingerprint density at radius 3 is 2.55 bits per heavy atom. The van der Waals surface area contributed by atoms with Crippen LogP contribution in [0.25, 0.3) is 0 Å². The molecule has 1 fully saturated rings. The van der Waals surface area contributed by atoms with Gasteiger partial charge in [0.25, 0.3) is 0 Å². The molecule has 1 aliphatic rings. The zero-order chi connectivity index (χ0) is 14.4. The van der Waals surface area contributed by atoms with E-state index < -0.39 is 0 Å². The number of methoxy groups -OCH3 is 1. The summed E-state index contributed by atoms with van der Waals surface area (Å²) in [4.78, 5) is 12.9. The van der Waals surface area contributed by atoms with Crippen LogP contribution in [0.1, 0.15) is 33.1 Å². The summed E-state index contributed by atoms with van der Waals surface area (Å²) in [6.07, 6.45) is 3.22. The molecule has 1 aromatic rings. The second kappa shape index (κ2) is 7.23. The van der Waals surface area contributed by atoms with Crippen molar-refractivity contribution in [3.8, 4) is 6.01 Å². The van der Waals surface area contributed by atoms with Crippen molar-refractivity contribution < 1.29 is 9.47 Å². The Morgan fingerprint density at radius 1 is 1.15 bits per heavy atom. The van der Waals surface area contributed by atoms with Gasteiger partial charge < -0.3 is 20.1 Å². The van der Waals surface area contributed by atoms with Crippen molar-refractivity contribution in [2.24, 2.45) is 0 Å². The molecule has 0 bridgehead atoms. The lowest BCUT2D eigenvalue weighted by Gasteiger charge is -2.34. The van der Waals surface area contributed by atoms with Crippen molar-refractivity contribution >= 4 is 11.9 Å². The minimum atomic E-state index is 0.346. The first kappa shape index (κ1) is 14.8. The van der Waals surface area contributed by atoms with Crippen LogP contribution in [-0.2, 0) is 4.74 Å². The van der Waals surface area contributed by atoms with Crippen LogP contribution in [0.3, 0.4) is 0 Å². The van der Waals surface area contributed by atoms with Gasteiger partial charge in [-0.3, -0.25) is 0 Å². The van der Waals surface area contributed by atoms with Gasteiger partial charge in [0.05, 0.1) is 12.7 Å². The average Bonchev–Trinajstić information content (AvgIpc) is 2.40. The van der Waals surface area contributed by atoms with Crippen molar-refractivity contribution in [2.75, 3.05) is 30.9 Å². The van der Waals surface area contributed by atoms with Gasteiger partial charge in [-0.15, -0.1) is 0 Å². The van der Waals surface area contributed by atoms with Crippen molar-refractivity contribution in [1.82, 2.24) is 15.0 Å². The molecule has 0 amide bonds. The molecule has 7 nitrogen and oxygen atoms in total. The van der Waals surface area contributed by atoms with E-state index in [1.165, 1.54) is 0 Å². The van der Waals surface area contributed by atoms with E-state index in [1.807, 2.05) is 13.8 Å². The number of nitrogens with zero attached hydrogens (tertiary/aromatic N) is 3. The highest BCUT2D eigenvalue weighted by atomic mass is 16.5. The second-order valence-electron chi connectivity index (χ2n) is 4.81. The molecule has 1 aliphatic carbocycles. The van der Waals surface area contributed by atoms with Crippen LogP contribution in [0.5, 0.6) is 6.01 Å². The SMILES string of the molecule is CCCOc1nc(NCC)nc(NC2CC(OC)C2)n1. The first-order valence-electron chi connectivity index (χ1n) is 7.17. The van der Waals surface area contributed by atoms with Gasteiger partial charge in [0.2, 0.25) is 11.9 Å². The number of hydrogen-bond acceptors (Lipinski definition) is 7. The summed E-state index contributed by atoms with van der Waals surface area (Å²) < 4.78 is 10.8. The highest BCUT2D eigenvalue weighted by molar-refractivity contribution is 5.37. The van der Waals surface area contributed by atoms with Crippen LogP contribution in [0.15, 0.2) is 0 Å². The fourth-order valence-electron chi connectivity index (χ4n) is 1.97. The minimum Gasteiger partial charge on any atom is -0.463 e.